The lowest BCUT2D eigenvalue weighted by Gasteiger charge is -2.14. The van der Waals surface area contributed by atoms with Gasteiger partial charge in [-0.1, -0.05) is 0 Å². The van der Waals surface area contributed by atoms with Crippen molar-refractivity contribution in [2.45, 2.75) is 19.4 Å². The summed E-state index contributed by atoms with van der Waals surface area (Å²) in [7, 11) is 3.83. The molecule has 0 bridgehead atoms. The average Bonchev–Trinajstić information content (AvgIpc) is 2.85. The van der Waals surface area contributed by atoms with E-state index in [0.29, 0.717) is 0 Å². The van der Waals surface area contributed by atoms with Gasteiger partial charge in [0.15, 0.2) is 0 Å². The highest BCUT2D eigenvalue weighted by atomic mass is 15.3. The third-order valence-electron chi connectivity index (χ3n) is 3.03. The van der Waals surface area contributed by atoms with Crippen LogP contribution >= 0.6 is 0 Å². The molecule has 92 valence electrons. The number of aryl methyl sites for hydroxylation is 2. The van der Waals surface area contributed by atoms with Gasteiger partial charge in [-0.05, 0) is 13.0 Å². The molecule has 6 heteroatoms. The van der Waals surface area contributed by atoms with Crippen LogP contribution in [0.15, 0.2) is 18.5 Å². The Labute approximate surface area is 100 Å². The van der Waals surface area contributed by atoms with E-state index in [1.807, 2.05) is 44.2 Å². The normalized spacial score (nSPS) is 12.9. The minimum Gasteiger partial charge on any atom is -0.276 e. The monoisotopic (exact) mass is 234 g/mol. The minimum absolute atomic E-state index is 0.0404. The molecule has 0 spiro atoms. The zero-order valence-corrected chi connectivity index (χ0v) is 10.4. The van der Waals surface area contributed by atoms with Crippen LogP contribution < -0.4 is 11.3 Å². The van der Waals surface area contributed by atoms with Crippen LogP contribution in [0, 0.1) is 6.92 Å². The summed E-state index contributed by atoms with van der Waals surface area (Å²) in [5.74, 6) is 5.62. The zero-order valence-electron chi connectivity index (χ0n) is 10.4. The fourth-order valence-electron chi connectivity index (χ4n) is 1.90. The van der Waals surface area contributed by atoms with Crippen molar-refractivity contribution in [2.24, 2.45) is 19.9 Å². The Balaban J connectivity index is 2.19. The van der Waals surface area contributed by atoms with E-state index in [1.54, 1.807) is 4.68 Å². The molecule has 1 unspecified atom stereocenters. The molecule has 0 aliphatic carbocycles. The van der Waals surface area contributed by atoms with Crippen molar-refractivity contribution in [2.75, 3.05) is 0 Å². The summed E-state index contributed by atoms with van der Waals surface area (Å²) in [4.78, 5) is 0. The van der Waals surface area contributed by atoms with Crippen LogP contribution in [0.25, 0.3) is 0 Å². The Morgan fingerprint density at radius 3 is 2.71 bits per heavy atom. The van der Waals surface area contributed by atoms with Crippen LogP contribution in [0.1, 0.15) is 23.0 Å². The van der Waals surface area contributed by atoms with Crippen molar-refractivity contribution >= 4 is 0 Å². The maximum atomic E-state index is 5.62. The average molecular weight is 234 g/mol. The van der Waals surface area contributed by atoms with Gasteiger partial charge >= 0.3 is 0 Å². The molecule has 17 heavy (non-hydrogen) atoms. The van der Waals surface area contributed by atoms with Crippen molar-refractivity contribution in [3.05, 3.63) is 35.4 Å². The van der Waals surface area contributed by atoms with Gasteiger partial charge in [-0.2, -0.15) is 10.2 Å². The molecule has 0 saturated carbocycles. The number of hydrogen-bond acceptors (Lipinski definition) is 4. The van der Waals surface area contributed by atoms with E-state index in [4.69, 9.17) is 5.84 Å². The molecule has 2 rings (SSSR count). The van der Waals surface area contributed by atoms with Gasteiger partial charge in [0.05, 0.1) is 17.9 Å². The van der Waals surface area contributed by atoms with E-state index in [9.17, 15) is 0 Å². The van der Waals surface area contributed by atoms with Crippen LogP contribution in [0.2, 0.25) is 0 Å². The third kappa shape index (κ3) is 2.37. The molecule has 0 fully saturated rings. The minimum atomic E-state index is 0.0404. The predicted molar refractivity (Wildman–Crippen MR) is 64.9 cm³/mol. The molecule has 6 nitrogen and oxygen atoms in total. The van der Waals surface area contributed by atoms with Crippen LogP contribution in [0.3, 0.4) is 0 Å². The fraction of sp³-hybridized carbons (Fsp3) is 0.455. The molecule has 3 N–H and O–H groups in total. The second-order valence-corrected chi connectivity index (χ2v) is 4.21. The van der Waals surface area contributed by atoms with Crippen molar-refractivity contribution in [1.29, 1.82) is 0 Å². The van der Waals surface area contributed by atoms with Crippen molar-refractivity contribution < 1.29 is 0 Å². The number of rotatable bonds is 4. The molecule has 0 aliphatic rings. The van der Waals surface area contributed by atoms with Crippen LogP contribution in [-0.2, 0) is 20.5 Å². The molecule has 0 saturated heterocycles. The summed E-state index contributed by atoms with van der Waals surface area (Å²) in [6, 6.07) is 2.04. The summed E-state index contributed by atoms with van der Waals surface area (Å²) < 4.78 is 3.64. The molecule has 0 aromatic carbocycles. The van der Waals surface area contributed by atoms with E-state index >= 15 is 0 Å². The van der Waals surface area contributed by atoms with Gasteiger partial charge in [0.1, 0.15) is 0 Å². The Morgan fingerprint density at radius 2 is 2.24 bits per heavy atom. The van der Waals surface area contributed by atoms with E-state index in [0.717, 1.165) is 23.4 Å². The number of hydrazine groups is 1. The Morgan fingerprint density at radius 1 is 1.47 bits per heavy atom. The lowest BCUT2D eigenvalue weighted by atomic mass is 10.0. The second kappa shape index (κ2) is 4.68. The third-order valence-corrected chi connectivity index (χ3v) is 3.03. The Kier molecular flexibility index (Phi) is 3.26. The summed E-state index contributed by atoms with van der Waals surface area (Å²) in [6.45, 7) is 2.03. The van der Waals surface area contributed by atoms with Crippen LogP contribution in [-0.4, -0.2) is 19.6 Å². The highest BCUT2D eigenvalue weighted by molar-refractivity contribution is 5.22. The lowest BCUT2D eigenvalue weighted by Crippen LogP contribution is -2.30. The van der Waals surface area contributed by atoms with Gasteiger partial charge in [-0.3, -0.25) is 20.6 Å². The Bertz CT molecular complexity index is 498. The largest absolute Gasteiger partial charge is 0.276 e. The smallest absolute Gasteiger partial charge is 0.0644 e. The van der Waals surface area contributed by atoms with Crippen LogP contribution in [0.5, 0.6) is 0 Å². The first-order valence-corrected chi connectivity index (χ1v) is 5.55. The maximum absolute atomic E-state index is 5.62. The topological polar surface area (TPSA) is 73.7 Å². The first kappa shape index (κ1) is 11.8. The summed E-state index contributed by atoms with van der Waals surface area (Å²) >= 11 is 0. The van der Waals surface area contributed by atoms with Gasteiger partial charge < -0.3 is 0 Å². The molecule has 0 radical (unpaired) electrons. The first-order valence-electron chi connectivity index (χ1n) is 5.55. The Hall–Kier alpha value is -1.66. The molecular weight excluding hydrogens is 216 g/mol. The summed E-state index contributed by atoms with van der Waals surface area (Å²) in [6.07, 6.45) is 4.53. The predicted octanol–water partition coefficient (Wildman–Crippen LogP) is 0.209. The van der Waals surface area contributed by atoms with E-state index in [1.165, 1.54) is 0 Å². The molecular formula is C11H18N6. The first-order chi connectivity index (χ1) is 8.11. The molecule has 2 aromatic rings. The zero-order chi connectivity index (χ0) is 12.4. The highest BCUT2D eigenvalue weighted by Crippen LogP contribution is 2.19. The van der Waals surface area contributed by atoms with Gasteiger partial charge in [-0.25, -0.2) is 0 Å². The van der Waals surface area contributed by atoms with E-state index in [-0.39, 0.29) is 6.04 Å². The molecule has 1 atom stereocenters. The van der Waals surface area contributed by atoms with Gasteiger partial charge in [0.2, 0.25) is 0 Å². The van der Waals surface area contributed by atoms with E-state index in [2.05, 4.69) is 15.6 Å². The van der Waals surface area contributed by atoms with E-state index < -0.39 is 0 Å². The van der Waals surface area contributed by atoms with Crippen molar-refractivity contribution in [1.82, 2.24) is 25.0 Å². The molecule has 0 aliphatic heterocycles. The standard InChI is InChI=1S/C11H18N6/c1-8-10(7-13-17(8)3)11(14-12)6-9-4-5-16(2)15-9/h4-5,7,11,14H,6,12H2,1-3H3. The van der Waals surface area contributed by atoms with Gasteiger partial charge in [0.25, 0.3) is 0 Å². The lowest BCUT2D eigenvalue weighted by molar-refractivity contribution is 0.538. The van der Waals surface area contributed by atoms with Gasteiger partial charge in [-0.15, -0.1) is 0 Å². The summed E-state index contributed by atoms with van der Waals surface area (Å²) in [5.41, 5.74) is 6.07. The molecule has 2 heterocycles. The quantitative estimate of drug-likeness (QED) is 0.586. The maximum Gasteiger partial charge on any atom is 0.0644 e. The number of nitrogens with two attached hydrogens (primary N) is 1. The van der Waals surface area contributed by atoms with Crippen molar-refractivity contribution in [3.8, 4) is 0 Å². The number of nitrogens with zero attached hydrogens (tertiary/aromatic N) is 4. The van der Waals surface area contributed by atoms with Gasteiger partial charge in [0, 0.05) is 38.0 Å². The molecule has 2 aromatic heterocycles. The summed E-state index contributed by atoms with van der Waals surface area (Å²) in [5, 5.41) is 8.58. The van der Waals surface area contributed by atoms with Crippen LogP contribution in [0.4, 0.5) is 0 Å². The number of nitrogens with one attached hydrogen (secondary N) is 1. The highest BCUT2D eigenvalue weighted by Gasteiger charge is 2.16. The van der Waals surface area contributed by atoms with Crippen molar-refractivity contribution in [3.63, 3.8) is 0 Å². The number of aromatic nitrogens is 4. The number of hydrogen-bond donors (Lipinski definition) is 2. The fourth-order valence-corrected chi connectivity index (χ4v) is 1.90. The SMILES string of the molecule is Cc1c(C(Cc2ccn(C)n2)NN)cnn1C. The second-order valence-electron chi connectivity index (χ2n) is 4.21. The molecule has 0 amide bonds.